The lowest BCUT2D eigenvalue weighted by atomic mass is 9.86. The van der Waals surface area contributed by atoms with E-state index >= 15 is 0 Å². The highest BCUT2D eigenvalue weighted by Gasteiger charge is 2.48. The number of rotatable bonds is 4. The van der Waals surface area contributed by atoms with Crippen LogP contribution in [0, 0.1) is 6.92 Å². The fourth-order valence-corrected chi connectivity index (χ4v) is 3.94. The van der Waals surface area contributed by atoms with Gasteiger partial charge in [0.15, 0.2) is 11.6 Å². The molecular formula is C20H24N2O4. The van der Waals surface area contributed by atoms with Crippen LogP contribution in [0.5, 0.6) is 0 Å². The molecule has 3 heterocycles. The Morgan fingerprint density at radius 3 is 2.92 bits per heavy atom. The maximum atomic E-state index is 12.7. The minimum atomic E-state index is -0.415. The third kappa shape index (κ3) is 3.39. The molecule has 2 aliphatic rings. The van der Waals surface area contributed by atoms with E-state index in [4.69, 9.17) is 13.9 Å². The number of hydrogen-bond donors (Lipinski definition) is 0. The van der Waals surface area contributed by atoms with Gasteiger partial charge in [0.1, 0.15) is 11.9 Å². The molecule has 0 N–H and O–H groups in total. The summed E-state index contributed by atoms with van der Waals surface area (Å²) in [5.41, 5.74) is 1.10. The van der Waals surface area contributed by atoms with E-state index in [1.807, 2.05) is 23.1 Å². The Balaban J connectivity index is 1.46. The Labute approximate surface area is 153 Å². The molecule has 4 rings (SSSR count). The summed E-state index contributed by atoms with van der Waals surface area (Å²) in [4.78, 5) is 18.7. The Hall–Kier alpha value is -2.18. The molecule has 1 amide bonds. The lowest BCUT2D eigenvalue weighted by Gasteiger charge is -2.45. The average Bonchev–Trinajstić information content (AvgIpc) is 3.31. The average molecular weight is 356 g/mol. The second kappa shape index (κ2) is 7.21. The quantitative estimate of drug-likeness (QED) is 0.843. The molecule has 0 radical (unpaired) electrons. The number of ether oxygens (including phenoxy) is 2. The Bertz CT molecular complexity index is 752. The number of aromatic nitrogens is 1. The summed E-state index contributed by atoms with van der Waals surface area (Å²) in [6.45, 7) is 4.19. The van der Waals surface area contributed by atoms with Crippen LogP contribution in [-0.4, -0.2) is 47.2 Å². The van der Waals surface area contributed by atoms with Gasteiger partial charge in [-0.25, -0.2) is 4.98 Å². The van der Waals surface area contributed by atoms with Crippen LogP contribution in [0.2, 0.25) is 0 Å². The van der Waals surface area contributed by atoms with E-state index < -0.39 is 5.60 Å². The molecule has 1 spiro atoms. The summed E-state index contributed by atoms with van der Waals surface area (Å²) >= 11 is 0. The van der Waals surface area contributed by atoms with Crippen molar-refractivity contribution in [3.05, 3.63) is 53.7 Å². The normalized spacial score (nSPS) is 25.7. The number of nitrogens with zero attached hydrogens (tertiary/aromatic N) is 2. The fraction of sp³-hybridized carbons (Fsp3) is 0.500. The first-order valence-electron chi connectivity index (χ1n) is 9.17. The van der Waals surface area contributed by atoms with Crippen molar-refractivity contribution in [2.75, 3.05) is 19.7 Å². The molecule has 2 fully saturated rings. The van der Waals surface area contributed by atoms with Crippen LogP contribution in [0.15, 0.2) is 41.0 Å². The summed E-state index contributed by atoms with van der Waals surface area (Å²) < 4.78 is 17.6. The van der Waals surface area contributed by atoms with E-state index in [1.165, 1.54) is 6.26 Å². The highest BCUT2D eigenvalue weighted by molar-refractivity contribution is 5.92. The van der Waals surface area contributed by atoms with Crippen molar-refractivity contribution in [1.29, 1.82) is 0 Å². The number of benzene rings is 1. The van der Waals surface area contributed by atoms with Crippen LogP contribution in [0.3, 0.4) is 0 Å². The molecule has 26 heavy (non-hydrogen) atoms. The molecule has 0 bridgehead atoms. The van der Waals surface area contributed by atoms with E-state index in [0.717, 1.165) is 31.4 Å². The number of piperidine rings is 1. The predicted molar refractivity (Wildman–Crippen MR) is 94.7 cm³/mol. The van der Waals surface area contributed by atoms with Crippen LogP contribution >= 0.6 is 0 Å². The Kier molecular flexibility index (Phi) is 4.78. The zero-order valence-corrected chi connectivity index (χ0v) is 15.0. The number of carbonyl (C=O) groups excluding carboxylic acids is 1. The van der Waals surface area contributed by atoms with Gasteiger partial charge in [-0.15, -0.1) is 0 Å². The van der Waals surface area contributed by atoms with Crippen molar-refractivity contribution < 1.29 is 18.7 Å². The summed E-state index contributed by atoms with van der Waals surface area (Å²) in [5.74, 6) is 0.402. The van der Waals surface area contributed by atoms with E-state index in [1.54, 1.807) is 6.92 Å². The number of amides is 1. The molecule has 0 aliphatic carbocycles. The van der Waals surface area contributed by atoms with Crippen molar-refractivity contribution in [3.8, 4) is 0 Å². The highest BCUT2D eigenvalue weighted by Crippen LogP contribution is 2.37. The third-order valence-corrected chi connectivity index (χ3v) is 5.26. The van der Waals surface area contributed by atoms with Gasteiger partial charge < -0.3 is 18.8 Å². The topological polar surface area (TPSA) is 64.8 Å². The van der Waals surface area contributed by atoms with Crippen molar-refractivity contribution >= 4 is 5.91 Å². The molecule has 6 heteroatoms. The molecule has 2 aromatic rings. The monoisotopic (exact) mass is 356 g/mol. The molecular weight excluding hydrogens is 332 g/mol. The molecule has 1 aromatic carbocycles. The lowest BCUT2D eigenvalue weighted by molar-refractivity contribution is -0.153. The van der Waals surface area contributed by atoms with Crippen molar-refractivity contribution in [2.45, 2.75) is 44.5 Å². The van der Waals surface area contributed by atoms with Gasteiger partial charge in [-0.1, -0.05) is 30.3 Å². The minimum Gasteiger partial charge on any atom is -0.448 e. The van der Waals surface area contributed by atoms with E-state index in [2.05, 4.69) is 17.1 Å². The smallest absolute Gasteiger partial charge is 0.275 e. The molecule has 0 saturated carbocycles. The molecule has 2 atom stereocenters. The molecule has 1 aromatic heterocycles. The van der Waals surface area contributed by atoms with Crippen LogP contribution in [-0.2, 0) is 16.1 Å². The summed E-state index contributed by atoms with van der Waals surface area (Å²) in [6.07, 6.45) is 4.09. The van der Waals surface area contributed by atoms with Crippen LogP contribution in [0.25, 0.3) is 0 Å². The second-order valence-corrected chi connectivity index (χ2v) is 7.07. The molecule has 0 unspecified atom stereocenters. The first-order chi connectivity index (χ1) is 12.7. The molecule has 2 aliphatic heterocycles. The first kappa shape index (κ1) is 17.2. The number of aryl methyl sites for hydroxylation is 1. The minimum absolute atomic E-state index is 0.00620. The van der Waals surface area contributed by atoms with Crippen LogP contribution < -0.4 is 0 Å². The van der Waals surface area contributed by atoms with Gasteiger partial charge in [0, 0.05) is 20.1 Å². The molecule has 2 saturated heterocycles. The van der Waals surface area contributed by atoms with Gasteiger partial charge in [0.05, 0.1) is 19.3 Å². The van der Waals surface area contributed by atoms with Gasteiger partial charge in [-0.05, 0) is 24.8 Å². The van der Waals surface area contributed by atoms with Crippen LogP contribution in [0.4, 0.5) is 0 Å². The SMILES string of the molecule is Cc1nc(C(=O)N2CC[C@H](OCc3ccccc3)[C@]3(CCCO3)C2)co1. The van der Waals surface area contributed by atoms with Gasteiger partial charge in [0.25, 0.3) is 5.91 Å². The number of carbonyl (C=O) groups is 1. The number of likely N-dealkylation sites (tertiary alicyclic amines) is 1. The maximum Gasteiger partial charge on any atom is 0.275 e. The van der Waals surface area contributed by atoms with Crippen molar-refractivity contribution in [2.24, 2.45) is 0 Å². The lowest BCUT2D eigenvalue weighted by Crippen LogP contribution is -2.58. The van der Waals surface area contributed by atoms with Gasteiger partial charge in [-0.3, -0.25) is 4.79 Å². The molecule has 6 nitrogen and oxygen atoms in total. The van der Waals surface area contributed by atoms with E-state index in [0.29, 0.717) is 31.3 Å². The largest absolute Gasteiger partial charge is 0.448 e. The van der Waals surface area contributed by atoms with E-state index in [9.17, 15) is 4.79 Å². The van der Waals surface area contributed by atoms with Gasteiger partial charge in [-0.2, -0.15) is 0 Å². The standard InChI is InChI=1S/C20H24N2O4/c1-15-21-17(13-24-15)19(23)22-10-8-18(20(14-22)9-5-11-26-20)25-12-16-6-3-2-4-7-16/h2-4,6-7,13,18H,5,8-12,14H2,1H3/t18-,20-/m0/s1. The summed E-state index contributed by atoms with van der Waals surface area (Å²) in [7, 11) is 0. The van der Waals surface area contributed by atoms with Crippen molar-refractivity contribution in [3.63, 3.8) is 0 Å². The fourth-order valence-electron chi connectivity index (χ4n) is 3.94. The molecule has 138 valence electrons. The Morgan fingerprint density at radius 2 is 2.23 bits per heavy atom. The highest BCUT2D eigenvalue weighted by atomic mass is 16.6. The van der Waals surface area contributed by atoms with Gasteiger partial charge >= 0.3 is 0 Å². The van der Waals surface area contributed by atoms with E-state index in [-0.39, 0.29) is 12.0 Å². The third-order valence-electron chi connectivity index (χ3n) is 5.26. The zero-order chi connectivity index (χ0) is 18.0. The zero-order valence-electron chi connectivity index (χ0n) is 15.0. The van der Waals surface area contributed by atoms with Crippen LogP contribution in [0.1, 0.15) is 41.2 Å². The number of oxazole rings is 1. The van der Waals surface area contributed by atoms with Crippen molar-refractivity contribution in [1.82, 2.24) is 9.88 Å². The Morgan fingerprint density at radius 1 is 1.38 bits per heavy atom. The number of hydrogen-bond acceptors (Lipinski definition) is 5. The predicted octanol–water partition coefficient (Wildman–Crippen LogP) is 2.96. The second-order valence-electron chi connectivity index (χ2n) is 7.07. The maximum absolute atomic E-state index is 12.7. The first-order valence-corrected chi connectivity index (χ1v) is 9.17. The summed E-state index contributed by atoms with van der Waals surface area (Å²) in [5, 5.41) is 0. The summed E-state index contributed by atoms with van der Waals surface area (Å²) in [6, 6.07) is 10.2. The van der Waals surface area contributed by atoms with Gasteiger partial charge in [0.2, 0.25) is 0 Å².